The van der Waals surface area contributed by atoms with Gasteiger partial charge in [0.25, 0.3) is 0 Å². The zero-order valence-electron chi connectivity index (χ0n) is 20.4. The number of anilines is 1. The fourth-order valence-electron chi connectivity index (χ4n) is 4.53. The maximum absolute atomic E-state index is 13.6. The Kier molecular flexibility index (Phi) is 7.45. The lowest BCUT2D eigenvalue weighted by Gasteiger charge is -2.15. The van der Waals surface area contributed by atoms with E-state index in [1.807, 2.05) is 37.3 Å². The number of aliphatic hydroxyl groups is 1. The van der Waals surface area contributed by atoms with Crippen molar-refractivity contribution in [3.8, 4) is 11.3 Å². The van der Waals surface area contributed by atoms with E-state index in [0.29, 0.717) is 15.7 Å². The molecule has 5 rings (SSSR count). The minimum Gasteiger partial charge on any atom is -0.390 e. The molecule has 0 radical (unpaired) electrons. The van der Waals surface area contributed by atoms with E-state index in [0.717, 1.165) is 26.9 Å². The fraction of sp³-hybridized carbons (Fsp3) is 0.280. The van der Waals surface area contributed by atoms with Crippen LogP contribution in [0.4, 0.5) is 5.82 Å². The molecule has 38 heavy (non-hydrogen) atoms. The van der Waals surface area contributed by atoms with Gasteiger partial charge in [-0.2, -0.15) is 13.1 Å². The van der Waals surface area contributed by atoms with E-state index >= 15 is 0 Å². The molecule has 1 saturated carbocycles. The number of thiophene rings is 1. The number of rotatable bonds is 8. The van der Waals surface area contributed by atoms with Gasteiger partial charge < -0.3 is 10.4 Å². The molecule has 3 N–H and O–H groups in total. The van der Waals surface area contributed by atoms with Gasteiger partial charge in [0.15, 0.2) is 0 Å². The largest absolute Gasteiger partial charge is 0.390 e. The highest BCUT2D eigenvalue weighted by Gasteiger charge is 2.37. The smallest absolute Gasteiger partial charge is 0.335 e. The molecule has 1 aromatic carbocycles. The van der Waals surface area contributed by atoms with Crippen LogP contribution < -0.4 is 10.0 Å². The Bertz CT molecular complexity index is 1630. The Morgan fingerprint density at radius 2 is 2.03 bits per heavy atom. The number of aromatic nitrogens is 3. The van der Waals surface area contributed by atoms with Crippen molar-refractivity contribution in [2.45, 2.75) is 38.0 Å². The first-order chi connectivity index (χ1) is 18.1. The average Bonchev–Trinajstić information content (AvgIpc) is 3.44. The molecule has 13 heteroatoms. The van der Waals surface area contributed by atoms with Gasteiger partial charge in [0.05, 0.1) is 22.2 Å². The SMILES string of the molecule is CNS(=O)(=O)O[C@@H]1C[C@H](Nc2ncncc2C(=O)c2cc(-c3nccc4ccc(Cl)cc34)c(C)s2)C[C@@H]1O. The van der Waals surface area contributed by atoms with Crippen molar-refractivity contribution in [2.75, 3.05) is 12.4 Å². The van der Waals surface area contributed by atoms with Crippen molar-refractivity contribution >= 4 is 55.6 Å². The maximum atomic E-state index is 13.6. The van der Waals surface area contributed by atoms with Crippen LogP contribution in [0.15, 0.2) is 49.1 Å². The van der Waals surface area contributed by atoms with Crippen molar-refractivity contribution in [1.82, 2.24) is 19.7 Å². The highest BCUT2D eigenvalue weighted by atomic mass is 35.5. The van der Waals surface area contributed by atoms with Gasteiger partial charge >= 0.3 is 10.3 Å². The lowest BCUT2D eigenvalue weighted by molar-refractivity contribution is 0.0636. The topological polar surface area (TPSA) is 143 Å². The third kappa shape index (κ3) is 5.41. The van der Waals surface area contributed by atoms with Crippen LogP contribution in [-0.4, -0.2) is 59.6 Å². The molecule has 0 amide bonds. The number of ketones is 1. The second-order valence-electron chi connectivity index (χ2n) is 8.89. The molecule has 0 bridgehead atoms. The molecule has 0 saturated heterocycles. The summed E-state index contributed by atoms with van der Waals surface area (Å²) < 4.78 is 30.6. The number of halogens is 1. The molecule has 1 aliphatic rings. The quantitative estimate of drug-likeness (QED) is 0.269. The summed E-state index contributed by atoms with van der Waals surface area (Å²) in [5.74, 6) is 0.0248. The maximum Gasteiger partial charge on any atom is 0.335 e. The van der Waals surface area contributed by atoms with Gasteiger partial charge in [-0.25, -0.2) is 9.97 Å². The summed E-state index contributed by atoms with van der Waals surface area (Å²) in [6, 6.07) is 8.97. The first-order valence-electron chi connectivity index (χ1n) is 11.7. The first kappa shape index (κ1) is 26.6. The monoisotopic (exact) mass is 573 g/mol. The first-order valence-corrected chi connectivity index (χ1v) is 14.3. The van der Waals surface area contributed by atoms with Gasteiger partial charge in [0, 0.05) is 46.3 Å². The second-order valence-corrected chi connectivity index (χ2v) is 12.1. The molecular formula is C25H24ClN5O5S2. The molecule has 4 aromatic rings. The van der Waals surface area contributed by atoms with Gasteiger partial charge in [0.1, 0.15) is 18.2 Å². The highest BCUT2D eigenvalue weighted by molar-refractivity contribution is 7.84. The minimum atomic E-state index is -3.96. The summed E-state index contributed by atoms with van der Waals surface area (Å²) >= 11 is 7.59. The van der Waals surface area contributed by atoms with Gasteiger partial charge in [-0.3, -0.25) is 14.0 Å². The number of fused-ring (bicyclic) bond motifs is 1. The fourth-order valence-corrected chi connectivity index (χ4v) is 6.31. The van der Waals surface area contributed by atoms with Crippen molar-refractivity contribution in [1.29, 1.82) is 0 Å². The number of carbonyl (C=O) groups excluding carboxylic acids is 1. The summed E-state index contributed by atoms with van der Waals surface area (Å²) in [6.45, 7) is 1.93. The molecule has 0 spiro atoms. The van der Waals surface area contributed by atoms with E-state index < -0.39 is 22.5 Å². The molecular weight excluding hydrogens is 550 g/mol. The summed E-state index contributed by atoms with van der Waals surface area (Å²) in [6.07, 6.45) is 2.99. The molecule has 1 fully saturated rings. The third-order valence-corrected chi connectivity index (χ3v) is 8.68. The Morgan fingerprint density at radius 3 is 2.82 bits per heavy atom. The summed E-state index contributed by atoms with van der Waals surface area (Å²) in [5.41, 5.74) is 1.83. The summed E-state index contributed by atoms with van der Waals surface area (Å²) in [4.78, 5) is 27.9. The molecule has 3 heterocycles. The van der Waals surface area contributed by atoms with Crippen molar-refractivity contribution in [2.24, 2.45) is 0 Å². The van der Waals surface area contributed by atoms with E-state index in [9.17, 15) is 18.3 Å². The van der Waals surface area contributed by atoms with E-state index in [1.54, 1.807) is 6.20 Å². The zero-order valence-corrected chi connectivity index (χ0v) is 22.8. The second kappa shape index (κ2) is 10.6. The Balaban J connectivity index is 1.41. The number of hydrogen-bond acceptors (Lipinski definition) is 10. The Labute approximate surface area is 228 Å². The van der Waals surface area contributed by atoms with Gasteiger partial charge in [-0.05, 0) is 49.4 Å². The van der Waals surface area contributed by atoms with Crippen LogP contribution in [0, 0.1) is 6.92 Å². The van der Waals surface area contributed by atoms with Crippen molar-refractivity contribution < 1.29 is 22.5 Å². The Hall–Kier alpha value is -3.00. The van der Waals surface area contributed by atoms with E-state index in [1.165, 1.54) is 30.9 Å². The van der Waals surface area contributed by atoms with Crippen LogP contribution in [0.2, 0.25) is 5.02 Å². The zero-order chi connectivity index (χ0) is 27.0. The summed E-state index contributed by atoms with van der Waals surface area (Å²) in [7, 11) is -2.73. The number of nitrogens with one attached hydrogen (secondary N) is 2. The number of aryl methyl sites for hydroxylation is 1. The van der Waals surface area contributed by atoms with Gasteiger partial charge in [-0.1, -0.05) is 17.7 Å². The van der Waals surface area contributed by atoms with Crippen LogP contribution in [0.25, 0.3) is 22.0 Å². The number of nitrogens with zero attached hydrogens (tertiary/aromatic N) is 3. The van der Waals surface area contributed by atoms with Crippen LogP contribution in [0.1, 0.15) is 33.0 Å². The molecule has 10 nitrogen and oxygen atoms in total. The van der Waals surface area contributed by atoms with Gasteiger partial charge in [0.2, 0.25) is 5.78 Å². The minimum absolute atomic E-state index is 0.206. The molecule has 0 aliphatic heterocycles. The lowest BCUT2D eigenvalue weighted by atomic mass is 10.0. The summed E-state index contributed by atoms with van der Waals surface area (Å²) in [5, 5.41) is 16.0. The van der Waals surface area contributed by atoms with Crippen molar-refractivity contribution in [3.63, 3.8) is 0 Å². The van der Waals surface area contributed by atoms with E-state index in [-0.39, 0.29) is 30.2 Å². The predicted octanol–water partition coefficient (Wildman–Crippen LogP) is 3.73. The molecule has 0 unspecified atom stereocenters. The molecule has 1 aliphatic carbocycles. The van der Waals surface area contributed by atoms with E-state index in [2.05, 4.69) is 25.0 Å². The number of benzene rings is 1. The van der Waals surface area contributed by atoms with Crippen LogP contribution in [0.3, 0.4) is 0 Å². The van der Waals surface area contributed by atoms with Crippen LogP contribution in [-0.2, 0) is 14.5 Å². The normalized spacial score (nSPS) is 19.6. The van der Waals surface area contributed by atoms with Crippen LogP contribution >= 0.6 is 22.9 Å². The lowest BCUT2D eigenvalue weighted by Crippen LogP contribution is -2.31. The Morgan fingerprint density at radius 1 is 1.21 bits per heavy atom. The number of hydrogen-bond donors (Lipinski definition) is 3. The van der Waals surface area contributed by atoms with E-state index in [4.69, 9.17) is 15.8 Å². The number of carbonyl (C=O) groups is 1. The van der Waals surface area contributed by atoms with Crippen LogP contribution in [0.5, 0.6) is 0 Å². The predicted molar refractivity (Wildman–Crippen MR) is 146 cm³/mol. The molecule has 3 atom stereocenters. The highest BCUT2D eigenvalue weighted by Crippen LogP contribution is 2.36. The number of pyridine rings is 1. The standard InChI is InChI=1S/C25H24ClN5O5S2/c1-13-17(23-18-7-15(26)4-3-14(18)5-6-29-23)10-22(37-13)24(33)19-11-28-12-30-25(19)31-16-8-20(32)21(9-16)36-38(34,35)27-2/h3-7,10-12,16,20-21,27,32H,8-9H2,1-2H3,(H,28,30,31)/t16-,20+,21-/m1/s1. The van der Waals surface area contributed by atoms with Crippen molar-refractivity contribution in [3.05, 3.63) is 69.4 Å². The molecule has 3 aromatic heterocycles. The molecule has 198 valence electrons. The van der Waals surface area contributed by atoms with Gasteiger partial charge in [-0.15, -0.1) is 11.3 Å². The number of aliphatic hydroxyl groups excluding tert-OH is 1. The average molecular weight is 574 g/mol. The third-order valence-electron chi connectivity index (χ3n) is 6.39.